The molecular weight excluding hydrogens is 332 g/mol. The monoisotopic (exact) mass is 350 g/mol. The molecule has 0 aliphatic heterocycles. The quantitative estimate of drug-likeness (QED) is 0.831. The van der Waals surface area contributed by atoms with Gasteiger partial charge in [-0.3, -0.25) is 0 Å². The van der Waals surface area contributed by atoms with Crippen molar-refractivity contribution in [3.05, 3.63) is 44.6 Å². The fourth-order valence-electron chi connectivity index (χ4n) is 2.84. The molecule has 1 aliphatic carbocycles. The van der Waals surface area contributed by atoms with E-state index in [-0.39, 0.29) is 0 Å². The second-order valence-electron chi connectivity index (χ2n) is 5.43. The largest absolute Gasteiger partial charge is 0.377 e. The van der Waals surface area contributed by atoms with Crippen LogP contribution in [0.25, 0.3) is 0 Å². The zero-order valence-corrected chi connectivity index (χ0v) is 14.2. The molecule has 2 aromatic rings. The number of nitrogens with zero attached hydrogens (tertiary/aromatic N) is 1. The first-order valence-electron chi connectivity index (χ1n) is 6.96. The summed E-state index contributed by atoms with van der Waals surface area (Å²) < 4.78 is 1.25. The van der Waals surface area contributed by atoms with Gasteiger partial charge in [0.05, 0.1) is 21.2 Å². The number of hydrogen-bond donors (Lipinski definition) is 1. The topological polar surface area (TPSA) is 15.3 Å². The Morgan fingerprint density at radius 3 is 2.90 bits per heavy atom. The van der Waals surface area contributed by atoms with E-state index in [1.807, 2.05) is 11.3 Å². The summed E-state index contributed by atoms with van der Waals surface area (Å²) in [6, 6.07) is 11.2. The molecule has 4 heteroatoms. The van der Waals surface area contributed by atoms with Gasteiger partial charge in [-0.25, -0.2) is 0 Å². The Labute approximate surface area is 132 Å². The molecule has 1 aliphatic rings. The van der Waals surface area contributed by atoms with E-state index >= 15 is 0 Å². The Bertz CT molecular complexity index is 606. The Morgan fingerprint density at radius 2 is 2.10 bits per heavy atom. The summed E-state index contributed by atoms with van der Waals surface area (Å²) in [6.07, 6.45) is 3.69. The maximum atomic E-state index is 3.74. The van der Waals surface area contributed by atoms with Gasteiger partial charge in [0.2, 0.25) is 0 Å². The lowest BCUT2D eigenvalue weighted by Crippen LogP contribution is -2.18. The van der Waals surface area contributed by atoms with E-state index in [4.69, 9.17) is 0 Å². The van der Waals surface area contributed by atoms with Crippen LogP contribution in [0.15, 0.2) is 34.1 Å². The van der Waals surface area contributed by atoms with Crippen molar-refractivity contribution < 1.29 is 0 Å². The second-order valence-corrected chi connectivity index (χ2v) is 7.95. The predicted molar refractivity (Wildman–Crippen MR) is 92.1 cm³/mol. The standard InChI is InChI=1S/C16H19BrN2S/c1-19(2)14-8-4-3-6-13(14)18-12-7-5-9-15-11(12)10-16(17)20-15/h3-4,6,8,10,12,18H,5,7,9H2,1-2H3. The first-order valence-corrected chi connectivity index (χ1v) is 8.57. The molecule has 2 nitrogen and oxygen atoms in total. The van der Waals surface area contributed by atoms with Gasteiger partial charge in [-0.1, -0.05) is 12.1 Å². The van der Waals surface area contributed by atoms with E-state index < -0.39 is 0 Å². The van der Waals surface area contributed by atoms with Crippen molar-refractivity contribution in [2.24, 2.45) is 0 Å². The molecular formula is C16H19BrN2S. The van der Waals surface area contributed by atoms with Gasteiger partial charge in [0.15, 0.2) is 0 Å². The fraction of sp³-hybridized carbons (Fsp3) is 0.375. The summed E-state index contributed by atoms with van der Waals surface area (Å²) in [5, 5.41) is 3.74. The molecule has 1 heterocycles. The molecule has 106 valence electrons. The average molecular weight is 351 g/mol. The lowest BCUT2D eigenvalue weighted by molar-refractivity contribution is 0.609. The van der Waals surface area contributed by atoms with Crippen molar-refractivity contribution in [1.82, 2.24) is 0 Å². The first-order chi connectivity index (χ1) is 9.65. The molecule has 1 unspecified atom stereocenters. The van der Waals surface area contributed by atoms with Crippen molar-refractivity contribution >= 4 is 38.6 Å². The summed E-state index contributed by atoms with van der Waals surface area (Å²) in [5.74, 6) is 0. The third-order valence-electron chi connectivity index (χ3n) is 3.80. The number of aryl methyl sites for hydroxylation is 1. The van der Waals surface area contributed by atoms with Gasteiger partial charge in [-0.15, -0.1) is 11.3 Å². The highest BCUT2D eigenvalue weighted by molar-refractivity contribution is 9.11. The molecule has 1 atom stereocenters. The third kappa shape index (κ3) is 2.72. The van der Waals surface area contributed by atoms with E-state index in [1.54, 1.807) is 0 Å². The lowest BCUT2D eigenvalue weighted by atomic mass is 9.94. The van der Waals surface area contributed by atoms with E-state index in [1.165, 1.54) is 44.9 Å². The molecule has 0 saturated heterocycles. The smallest absolute Gasteiger partial charge is 0.0705 e. The minimum Gasteiger partial charge on any atom is -0.377 e. The summed E-state index contributed by atoms with van der Waals surface area (Å²) in [5.41, 5.74) is 3.94. The summed E-state index contributed by atoms with van der Waals surface area (Å²) in [7, 11) is 4.18. The van der Waals surface area contributed by atoms with Gasteiger partial charge in [0.1, 0.15) is 0 Å². The summed E-state index contributed by atoms with van der Waals surface area (Å²) in [4.78, 5) is 3.69. The van der Waals surface area contributed by atoms with Crippen molar-refractivity contribution in [2.75, 3.05) is 24.3 Å². The number of nitrogens with one attached hydrogen (secondary N) is 1. The van der Waals surface area contributed by atoms with Crippen LogP contribution in [0, 0.1) is 0 Å². The minimum absolute atomic E-state index is 0.433. The SMILES string of the molecule is CN(C)c1ccccc1NC1CCCc2sc(Br)cc21. The van der Waals surface area contributed by atoms with Crippen LogP contribution in [0.5, 0.6) is 0 Å². The summed E-state index contributed by atoms with van der Waals surface area (Å²) >= 11 is 5.51. The second kappa shape index (κ2) is 5.78. The van der Waals surface area contributed by atoms with Crippen molar-refractivity contribution in [3.8, 4) is 0 Å². The van der Waals surface area contributed by atoms with Crippen LogP contribution >= 0.6 is 27.3 Å². The third-order valence-corrected chi connectivity index (χ3v) is 5.51. The maximum absolute atomic E-state index is 3.74. The predicted octanol–water partition coefficient (Wildman–Crippen LogP) is 5.07. The number of rotatable bonds is 3. The van der Waals surface area contributed by atoms with E-state index in [0.717, 1.165) is 0 Å². The highest BCUT2D eigenvalue weighted by atomic mass is 79.9. The zero-order chi connectivity index (χ0) is 14.1. The van der Waals surface area contributed by atoms with Crippen LogP contribution in [0.2, 0.25) is 0 Å². The van der Waals surface area contributed by atoms with E-state index in [2.05, 4.69) is 70.6 Å². The van der Waals surface area contributed by atoms with Crippen molar-refractivity contribution in [2.45, 2.75) is 25.3 Å². The average Bonchev–Trinajstić information content (AvgIpc) is 2.80. The zero-order valence-electron chi connectivity index (χ0n) is 11.8. The van der Waals surface area contributed by atoms with Crippen LogP contribution < -0.4 is 10.2 Å². The Morgan fingerprint density at radius 1 is 1.30 bits per heavy atom. The molecule has 1 N–H and O–H groups in total. The van der Waals surface area contributed by atoms with Crippen LogP contribution in [0.1, 0.15) is 29.3 Å². The molecule has 1 aromatic heterocycles. The molecule has 0 saturated carbocycles. The highest BCUT2D eigenvalue weighted by Gasteiger charge is 2.23. The first kappa shape index (κ1) is 14.0. The molecule has 0 fully saturated rings. The fourth-order valence-corrected chi connectivity index (χ4v) is 4.66. The molecule has 3 rings (SSSR count). The number of para-hydroxylation sites is 2. The molecule has 0 bridgehead atoms. The molecule has 1 aromatic carbocycles. The molecule has 0 spiro atoms. The Balaban J connectivity index is 1.89. The Kier molecular flexibility index (Phi) is 4.03. The van der Waals surface area contributed by atoms with Crippen molar-refractivity contribution in [3.63, 3.8) is 0 Å². The van der Waals surface area contributed by atoms with Crippen LogP contribution in [-0.4, -0.2) is 14.1 Å². The number of benzene rings is 1. The molecule has 0 amide bonds. The van der Waals surface area contributed by atoms with Crippen molar-refractivity contribution in [1.29, 1.82) is 0 Å². The highest BCUT2D eigenvalue weighted by Crippen LogP contribution is 2.40. The van der Waals surface area contributed by atoms with Gasteiger partial charge in [-0.2, -0.15) is 0 Å². The van der Waals surface area contributed by atoms with Crippen LogP contribution in [0.4, 0.5) is 11.4 Å². The number of anilines is 2. The lowest BCUT2D eigenvalue weighted by Gasteiger charge is -2.27. The van der Waals surface area contributed by atoms with Crippen LogP contribution in [-0.2, 0) is 6.42 Å². The van der Waals surface area contributed by atoms with Gasteiger partial charge >= 0.3 is 0 Å². The van der Waals surface area contributed by atoms with Gasteiger partial charge < -0.3 is 10.2 Å². The normalized spacial score (nSPS) is 17.6. The number of thiophene rings is 1. The summed E-state index contributed by atoms with van der Waals surface area (Å²) in [6.45, 7) is 0. The number of fused-ring (bicyclic) bond motifs is 1. The maximum Gasteiger partial charge on any atom is 0.0705 e. The van der Waals surface area contributed by atoms with Gasteiger partial charge in [0.25, 0.3) is 0 Å². The number of halogens is 1. The Hall–Kier alpha value is -1.00. The minimum atomic E-state index is 0.433. The van der Waals surface area contributed by atoms with Crippen LogP contribution in [0.3, 0.4) is 0 Å². The van der Waals surface area contributed by atoms with Gasteiger partial charge in [0, 0.05) is 19.0 Å². The van der Waals surface area contributed by atoms with Gasteiger partial charge in [-0.05, 0) is 59.0 Å². The number of hydrogen-bond acceptors (Lipinski definition) is 3. The molecule has 0 radical (unpaired) electrons. The van der Waals surface area contributed by atoms with E-state index in [9.17, 15) is 0 Å². The van der Waals surface area contributed by atoms with E-state index in [0.29, 0.717) is 6.04 Å². The molecule has 20 heavy (non-hydrogen) atoms.